The van der Waals surface area contributed by atoms with Crippen molar-refractivity contribution in [2.24, 2.45) is 23.2 Å². The minimum Gasteiger partial charge on any atom is -0.309 e. The Labute approximate surface area is 129 Å². The lowest BCUT2D eigenvalue weighted by Crippen LogP contribution is -2.59. The number of halogens is 1. The number of rotatable bonds is 3. The number of fused-ring (bicyclic) bond motifs is 2. The SMILES string of the molecule is Cc1cc(CNC2CC3C[C@H]([C@H]2C)C3(C)C)sc1Br. The molecule has 4 atom stereocenters. The van der Waals surface area contributed by atoms with Gasteiger partial charge in [0.25, 0.3) is 0 Å². The fraction of sp³-hybridized carbons (Fsp3) is 0.750. The maximum Gasteiger partial charge on any atom is 0.0730 e. The van der Waals surface area contributed by atoms with Gasteiger partial charge in [-0.05, 0) is 70.5 Å². The van der Waals surface area contributed by atoms with Gasteiger partial charge in [0.15, 0.2) is 0 Å². The molecule has 3 saturated carbocycles. The van der Waals surface area contributed by atoms with Crippen LogP contribution in [0.15, 0.2) is 9.85 Å². The van der Waals surface area contributed by atoms with Crippen molar-refractivity contribution in [2.45, 2.75) is 53.1 Å². The normalized spacial score (nSPS) is 36.1. The second kappa shape index (κ2) is 4.85. The molecule has 3 aliphatic carbocycles. The van der Waals surface area contributed by atoms with E-state index in [1.54, 1.807) is 0 Å². The lowest BCUT2D eigenvalue weighted by molar-refractivity contribution is -0.115. The average molecular weight is 342 g/mol. The number of thiophene rings is 1. The number of hydrogen-bond acceptors (Lipinski definition) is 2. The van der Waals surface area contributed by atoms with Crippen LogP contribution in [0.25, 0.3) is 0 Å². The number of aryl methyl sites for hydroxylation is 1. The van der Waals surface area contributed by atoms with Crippen molar-refractivity contribution in [1.29, 1.82) is 0 Å². The van der Waals surface area contributed by atoms with Crippen molar-refractivity contribution in [3.8, 4) is 0 Å². The van der Waals surface area contributed by atoms with E-state index in [9.17, 15) is 0 Å². The summed E-state index contributed by atoms with van der Waals surface area (Å²) < 4.78 is 1.28. The van der Waals surface area contributed by atoms with Crippen molar-refractivity contribution in [2.75, 3.05) is 0 Å². The van der Waals surface area contributed by atoms with E-state index >= 15 is 0 Å². The maximum absolute atomic E-state index is 3.82. The van der Waals surface area contributed by atoms with Gasteiger partial charge >= 0.3 is 0 Å². The largest absolute Gasteiger partial charge is 0.309 e. The van der Waals surface area contributed by atoms with E-state index in [2.05, 4.69) is 55.0 Å². The van der Waals surface area contributed by atoms with E-state index in [0.717, 1.165) is 30.3 Å². The van der Waals surface area contributed by atoms with Gasteiger partial charge in [0.2, 0.25) is 0 Å². The molecule has 3 fully saturated rings. The van der Waals surface area contributed by atoms with Crippen LogP contribution < -0.4 is 5.32 Å². The van der Waals surface area contributed by atoms with Gasteiger partial charge in [0, 0.05) is 17.5 Å². The van der Waals surface area contributed by atoms with Crippen LogP contribution in [0, 0.1) is 30.1 Å². The highest BCUT2D eigenvalue weighted by Gasteiger charge is 2.55. The smallest absolute Gasteiger partial charge is 0.0730 e. The Balaban J connectivity index is 1.60. The predicted octanol–water partition coefficient (Wildman–Crippen LogP) is 4.98. The molecular formula is C16H24BrNS. The minimum atomic E-state index is 0.597. The second-order valence-corrected chi connectivity index (χ2v) is 9.57. The monoisotopic (exact) mass is 341 g/mol. The topological polar surface area (TPSA) is 12.0 Å². The standard InChI is InChI=1S/C16H24BrNS/c1-9-5-12(19-15(9)17)8-18-14-7-11-6-13(10(14)2)16(11,3)4/h5,10-11,13-14,18H,6-8H2,1-4H3/t10-,11?,13-,14?/m1/s1. The second-order valence-electron chi connectivity index (χ2n) is 7.11. The van der Waals surface area contributed by atoms with E-state index < -0.39 is 0 Å². The van der Waals surface area contributed by atoms with E-state index in [1.807, 2.05) is 11.3 Å². The fourth-order valence-electron chi connectivity index (χ4n) is 4.26. The van der Waals surface area contributed by atoms with Crippen molar-refractivity contribution in [3.63, 3.8) is 0 Å². The first-order chi connectivity index (χ1) is 8.89. The summed E-state index contributed by atoms with van der Waals surface area (Å²) in [5.74, 6) is 2.70. The zero-order valence-electron chi connectivity index (χ0n) is 12.3. The third-order valence-corrected chi connectivity index (χ3v) is 7.94. The van der Waals surface area contributed by atoms with Gasteiger partial charge in [-0.15, -0.1) is 11.3 Å². The highest BCUT2D eigenvalue weighted by Crippen LogP contribution is 2.61. The van der Waals surface area contributed by atoms with E-state index in [1.165, 1.54) is 27.1 Å². The van der Waals surface area contributed by atoms with Crippen LogP contribution in [0.4, 0.5) is 0 Å². The molecule has 2 unspecified atom stereocenters. The van der Waals surface area contributed by atoms with E-state index in [0.29, 0.717) is 5.41 Å². The molecule has 1 N–H and O–H groups in total. The number of nitrogens with one attached hydrogen (secondary N) is 1. The third-order valence-electron chi connectivity index (χ3n) is 5.80. The van der Waals surface area contributed by atoms with Crippen LogP contribution in [0.2, 0.25) is 0 Å². The molecule has 0 spiro atoms. The van der Waals surface area contributed by atoms with Gasteiger partial charge in [-0.2, -0.15) is 0 Å². The molecular weight excluding hydrogens is 318 g/mol. The van der Waals surface area contributed by atoms with Crippen molar-refractivity contribution < 1.29 is 0 Å². The Bertz CT molecular complexity index is 460. The van der Waals surface area contributed by atoms with Gasteiger partial charge in [-0.3, -0.25) is 0 Å². The van der Waals surface area contributed by atoms with Gasteiger partial charge < -0.3 is 5.32 Å². The first-order valence-corrected chi connectivity index (χ1v) is 8.98. The highest BCUT2D eigenvalue weighted by molar-refractivity contribution is 9.11. The average Bonchev–Trinajstić information content (AvgIpc) is 2.66. The summed E-state index contributed by atoms with van der Waals surface area (Å²) in [5.41, 5.74) is 1.96. The highest BCUT2D eigenvalue weighted by atomic mass is 79.9. The summed E-state index contributed by atoms with van der Waals surface area (Å²) in [6.07, 6.45) is 2.84. The molecule has 2 bridgehead atoms. The van der Waals surface area contributed by atoms with E-state index in [4.69, 9.17) is 0 Å². The molecule has 3 heteroatoms. The molecule has 0 radical (unpaired) electrons. The molecule has 3 aliphatic rings. The Kier molecular flexibility index (Phi) is 3.60. The molecule has 0 aromatic carbocycles. The summed E-state index contributed by atoms with van der Waals surface area (Å²) >= 11 is 5.49. The molecule has 1 aromatic heterocycles. The molecule has 0 saturated heterocycles. The Hall–Kier alpha value is 0.140. The van der Waals surface area contributed by atoms with Crippen LogP contribution in [0.1, 0.15) is 44.1 Å². The Morgan fingerprint density at radius 1 is 1.42 bits per heavy atom. The molecule has 4 rings (SSSR count). The van der Waals surface area contributed by atoms with Crippen LogP contribution >= 0.6 is 27.3 Å². The first-order valence-electron chi connectivity index (χ1n) is 7.37. The Morgan fingerprint density at radius 3 is 2.68 bits per heavy atom. The van der Waals surface area contributed by atoms with E-state index in [-0.39, 0.29) is 0 Å². The summed E-state index contributed by atoms with van der Waals surface area (Å²) in [4.78, 5) is 1.45. The van der Waals surface area contributed by atoms with Gasteiger partial charge in [0.1, 0.15) is 0 Å². The minimum absolute atomic E-state index is 0.597. The molecule has 0 amide bonds. The van der Waals surface area contributed by atoms with Crippen LogP contribution in [0.3, 0.4) is 0 Å². The van der Waals surface area contributed by atoms with Gasteiger partial charge in [-0.1, -0.05) is 20.8 Å². The molecule has 106 valence electrons. The quantitative estimate of drug-likeness (QED) is 0.817. The zero-order valence-corrected chi connectivity index (χ0v) is 14.7. The lowest BCUT2D eigenvalue weighted by Gasteiger charge is -2.62. The van der Waals surface area contributed by atoms with Crippen LogP contribution in [-0.4, -0.2) is 6.04 Å². The summed E-state index contributed by atoms with van der Waals surface area (Å²) in [6, 6.07) is 3.03. The molecule has 1 aromatic rings. The van der Waals surface area contributed by atoms with Gasteiger partial charge in [0.05, 0.1) is 3.79 Å². The van der Waals surface area contributed by atoms with Crippen molar-refractivity contribution in [1.82, 2.24) is 5.32 Å². The third kappa shape index (κ3) is 2.32. The lowest BCUT2D eigenvalue weighted by atomic mass is 9.45. The van der Waals surface area contributed by atoms with Crippen LogP contribution in [0.5, 0.6) is 0 Å². The first kappa shape index (κ1) is 14.1. The summed E-state index contributed by atoms with van der Waals surface area (Å²) in [5, 5.41) is 3.82. The van der Waals surface area contributed by atoms with Crippen LogP contribution in [-0.2, 0) is 6.54 Å². The fourth-order valence-corrected chi connectivity index (χ4v) is 5.84. The summed E-state index contributed by atoms with van der Waals surface area (Å²) in [7, 11) is 0. The zero-order chi connectivity index (χ0) is 13.8. The molecule has 19 heavy (non-hydrogen) atoms. The van der Waals surface area contributed by atoms with Crippen molar-refractivity contribution in [3.05, 3.63) is 20.3 Å². The number of hydrogen-bond donors (Lipinski definition) is 1. The molecule has 0 aliphatic heterocycles. The molecule has 1 nitrogen and oxygen atoms in total. The van der Waals surface area contributed by atoms with Gasteiger partial charge in [-0.25, -0.2) is 0 Å². The Morgan fingerprint density at radius 2 is 2.16 bits per heavy atom. The molecule has 1 heterocycles. The maximum atomic E-state index is 3.82. The summed E-state index contributed by atoms with van der Waals surface area (Å²) in [6.45, 7) is 10.6. The van der Waals surface area contributed by atoms with Crippen molar-refractivity contribution >= 4 is 27.3 Å². The predicted molar refractivity (Wildman–Crippen MR) is 86.5 cm³/mol.